The van der Waals surface area contributed by atoms with E-state index in [0.29, 0.717) is 6.04 Å². The molecule has 3 rings (SSSR count). The lowest BCUT2D eigenvalue weighted by Gasteiger charge is -2.23. The van der Waals surface area contributed by atoms with Gasteiger partial charge in [0.1, 0.15) is 0 Å². The van der Waals surface area contributed by atoms with Crippen molar-refractivity contribution < 1.29 is 0 Å². The summed E-state index contributed by atoms with van der Waals surface area (Å²) in [5.74, 6) is 0. The molecule has 1 aromatic rings. The van der Waals surface area contributed by atoms with Gasteiger partial charge < -0.3 is 5.01 Å². The molecule has 1 saturated heterocycles. The number of fused-ring (bicyclic) bond motifs is 3. The number of hydrazine groups is 1. The summed E-state index contributed by atoms with van der Waals surface area (Å²) in [4.78, 5) is 0. The molecule has 1 atom stereocenters. The van der Waals surface area contributed by atoms with Crippen LogP contribution in [0.2, 0.25) is 0 Å². The maximum Gasteiger partial charge on any atom is 0.0556 e. The quantitative estimate of drug-likeness (QED) is 0.670. The Labute approximate surface area is 84.9 Å². The van der Waals surface area contributed by atoms with Crippen LogP contribution in [0.3, 0.4) is 0 Å². The second-order valence-corrected chi connectivity index (χ2v) is 5.06. The second kappa shape index (κ2) is 2.51. The molecule has 0 saturated carbocycles. The van der Waals surface area contributed by atoms with E-state index in [1.54, 1.807) is 0 Å². The molecular formula is C12H16N2. The highest BCUT2D eigenvalue weighted by Crippen LogP contribution is 2.38. The third-order valence-electron chi connectivity index (χ3n) is 3.24. The summed E-state index contributed by atoms with van der Waals surface area (Å²) in [5, 5.41) is 2.36. The summed E-state index contributed by atoms with van der Waals surface area (Å²) in [6.45, 7) is 4.54. The molecule has 2 aliphatic rings. The Morgan fingerprint density at radius 1 is 1.36 bits per heavy atom. The van der Waals surface area contributed by atoms with Crippen molar-refractivity contribution in [2.24, 2.45) is 0 Å². The van der Waals surface area contributed by atoms with E-state index in [1.165, 1.54) is 24.1 Å². The number of hydrogen-bond acceptors (Lipinski definition) is 2. The van der Waals surface area contributed by atoms with Crippen LogP contribution in [0.25, 0.3) is 0 Å². The minimum atomic E-state index is 0.262. The Kier molecular flexibility index (Phi) is 1.49. The van der Waals surface area contributed by atoms with Crippen molar-refractivity contribution in [3.05, 3.63) is 29.8 Å². The van der Waals surface area contributed by atoms with E-state index in [0.717, 1.165) is 0 Å². The van der Waals surface area contributed by atoms with Crippen molar-refractivity contribution in [1.29, 1.82) is 0 Å². The number of benzene rings is 1. The molecule has 0 aromatic heterocycles. The van der Waals surface area contributed by atoms with Gasteiger partial charge in [-0.15, -0.1) is 0 Å². The van der Waals surface area contributed by atoms with E-state index >= 15 is 0 Å². The van der Waals surface area contributed by atoms with Gasteiger partial charge in [-0.05, 0) is 38.3 Å². The van der Waals surface area contributed by atoms with Crippen LogP contribution >= 0.6 is 0 Å². The van der Waals surface area contributed by atoms with Crippen molar-refractivity contribution in [3.63, 3.8) is 0 Å². The first-order valence-corrected chi connectivity index (χ1v) is 5.31. The Morgan fingerprint density at radius 2 is 2.14 bits per heavy atom. The van der Waals surface area contributed by atoms with Gasteiger partial charge in [-0.1, -0.05) is 18.2 Å². The predicted molar refractivity (Wildman–Crippen MR) is 58.2 cm³/mol. The molecule has 2 aliphatic heterocycles. The van der Waals surface area contributed by atoms with E-state index in [-0.39, 0.29) is 5.54 Å². The normalized spacial score (nSPS) is 27.6. The van der Waals surface area contributed by atoms with Gasteiger partial charge in [0.25, 0.3) is 0 Å². The summed E-state index contributed by atoms with van der Waals surface area (Å²) in [7, 11) is 0. The molecule has 2 heteroatoms. The summed E-state index contributed by atoms with van der Waals surface area (Å²) in [6.07, 6.45) is 2.44. The smallest absolute Gasteiger partial charge is 0.0556 e. The third kappa shape index (κ3) is 1.07. The van der Waals surface area contributed by atoms with E-state index < -0.39 is 0 Å². The summed E-state index contributed by atoms with van der Waals surface area (Å²) < 4.78 is 0. The summed E-state index contributed by atoms with van der Waals surface area (Å²) in [5.41, 5.74) is 6.71. The molecule has 0 radical (unpaired) electrons. The van der Waals surface area contributed by atoms with Crippen LogP contribution in [0.15, 0.2) is 24.3 Å². The second-order valence-electron chi connectivity index (χ2n) is 5.06. The Hall–Kier alpha value is -1.02. The molecule has 0 spiro atoms. The minimum absolute atomic E-state index is 0.262. The van der Waals surface area contributed by atoms with Crippen LogP contribution < -0.4 is 10.4 Å². The lowest BCUT2D eigenvalue weighted by molar-refractivity contribution is 0.446. The van der Waals surface area contributed by atoms with E-state index in [4.69, 9.17) is 0 Å². The molecule has 0 aliphatic carbocycles. The highest BCUT2D eigenvalue weighted by atomic mass is 15.6. The molecule has 1 N–H and O–H groups in total. The van der Waals surface area contributed by atoms with Gasteiger partial charge in [0.05, 0.1) is 11.7 Å². The first-order valence-electron chi connectivity index (χ1n) is 5.31. The van der Waals surface area contributed by atoms with Gasteiger partial charge >= 0.3 is 0 Å². The summed E-state index contributed by atoms with van der Waals surface area (Å²) in [6, 6.07) is 9.37. The predicted octanol–water partition coefficient (Wildman–Crippen LogP) is 2.10. The maximum atomic E-state index is 3.58. The largest absolute Gasteiger partial charge is 0.304 e. The van der Waals surface area contributed by atoms with E-state index in [9.17, 15) is 0 Å². The number of para-hydroxylation sites is 1. The first-order chi connectivity index (χ1) is 6.66. The van der Waals surface area contributed by atoms with Gasteiger partial charge in [-0.25, -0.2) is 5.43 Å². The average molecular weight is 188 g/mol. The highest BCUT2D eigenvalue weighted by Gasteiger charge is 2.41. The van der Waals surface area contributed by atoms with Gasteiger partial charge in [-0.2, -0.15) is 0 Å². The maximum absolute atomic E-state index is 3.58. The van der Waals surface area contributed by atoms with Crippen LogP contribution in [0, 0.1) is 0 Å². The van der Waals surface area contributed by atoms with Crippen molar-refractivity contribution >= 4 is 5.69 Å². The molecule has 14 heavy (non-hydrogen) atoms. The molecule has 0 bridgehead atoms. The van der Waals surface area contributed by atoms with Crippen LogP contribution in [0.1, 0.15) is 25.8 Å². The molecule has 0 amide bonds. The minimum Gasteiger partial charge on any atom is -0.304 e. The zero-order valence-electron chi connectivity index (χ0n) is 8.75. The first kappa shape index (κ1) is 8.30. The van der Waals surface area contributed by atoms with Crippen LogP contribution in [-0.2, 0) is 6.42 Å². The SMILES string of the molecule is CC1(C)CC2Cc3ccccc3N2N1. The fourth-order valence-electron chi connectivity index (χ4n) is 2.74. The highest BCUT2D eigenvalue weighted by molar-refractivity contribution is 5.59. The van der Waals surface area contributed by atoms with Crippen LogP contribution in [-0.4, -0.2) is 11.6 Å². The zero-order valence-corrected chi connectivity index (χ0v) is 8.75. The number of rotatable bonds is 0. The van der Waals surface area contributed by atoms with Crippen molar-refractivity contribution in [2.45, 2.75) is 38.3 Å². The lowest BCUT2D eigenvalue weighted by atomic mass is 9.96. The fourth-order valence-corrected chi connectivity index (χ4v) is 2.74. The molecular weight excluding hydrogens is 172 g/mol. The fraction of sp³-hybridized carbons (Fsp3) is 0.500. The van der Waals surface area contributed by atoms with Gasteiger partial charge in [0.2, 0.25) is 0 Å². The topological polar surface area (TPSA) is 15.3 Å². The average Bonchev–Trinajstić information content (AvgIpc) is 2.56. The number of hydrogen-bond donors (Lipinski definition) is 1. The number of anilines is 1. The molecule has 2 nitrogen and oxygen atoms in total. The Bertz CT molecular complexity index is 370. The van der Waals surface area contributed by atoms with Gasteiger partial charge in [0, 0.05) is 5.54 Å². The molecule has 1 aromatic carbocycles. The number of nitrogens with zero attached hydrogens (tertiary/aromatic N) is 1. The molecule has 2 heterocycles. The van der Waals surface area contributed by atoms with Crippen molar-refractivity contribution in [3.8, 4) is 0 Å². The van der Waals surface area contributed by atoms with E-state index in [2.05, 4.69) is 48.5 Å². The number of nitrogens with one attached hydrogen (secondary N) is 1. The Balaban J connectivity index is 2.00. The van der Waals surface area contributed by atoms with Crippen LogP contribution in [0.5, 0.6) is 0 Å². The molecule has 74 valence electrons. The third-order valence-corrected chi connectivity index (χ3v) is 3.24. The van der Waals surface area contributed by atoms with Crippen molar-refractivity contribution in [1.82, 2.24) is 5.43 Å². The summed E-state index contributed by atoms with van der Waals surface area (Å²) >= 11 is 0. The van der Waals surface area contributed by atoms with E-state index in [1.807, 2.05) is 0 Å². The monoisotopic (exact) mass is 188 g/mol. The zero-order chi connectivity index (χ0) is 9.76. The van der Waals surface area contributed by atoms with Gasteiger partial charge in [0.15, 0.2) is 0 Å². The van der Waals surface area contributed by atoms with Gasteiger partial charge in [-0.3, -0.25) is 0 Å². The lowest BCUT2D eigenvalue weighted by Crippen LogP contribution is -2.42. The standard InChI is InChI=1S/C12H16N2/c1-12(2)8-10-7-9-5-3-4-6-11(9)14(10)13-12/h3-6,10,13H,7-8H2,1-2H3. The van der Waals surface area contributed by atoms with Crippen LogP contribution in [0.4, 0.5) is 5.69 Å². The Morgan fingerprint density at radius 3 is 3.00 bits per heavy atom. The van der Waals surface area contributed by atoms with Crippen molar-refractivity contribution in [2.75, 3.05) is 5.01 Å². The molecule has 1 fully saturated rings. The molecule has 1 unspecified atom stereocenters.